The maximum absolute atomic E-state index is 12.7. The Morgan fingerprint density at radius 2 is 1.50 bits per heavy atom. The number of nitrogens with zero attached hydrogens (tertiary/aromatic N) is 1. The summed E-state index contributed by atoms with van der Waals surface area (Å²) in [5, 5.41) is 19.0. The smallest absolute Gasteiger partial charge is 0.258 e. The summed E-state index contributed by atoms with van der Waals surface area (Å²) in [6, 6.07) is 20.7. The minimum absolute atomic E-state index is 0.116. The van der Waals surface area contributed by atoms with E-state index in [1.54, 1.807) is 61.6 Å². The molecule has 3 aromatic carbocycles. The molecule has 0 aliphatic rings. The molecular formula is C20H17NO3. The summed E-state index contributed by atoms with van der Waals surface area (Å²) >= 11 is 0. The standard InChI is InChI=1S/C20H17NO3/c1-21(17-6-3-7-19(23)13-17)20(24)16-5-2-4-15(12-16)14-8-10-18(22)11-9-14/h2-13,22-23H,1H3. The minimum atomic E-state index is -0.166. The lowest BCUT2D eigenvalue weighted by atomic mass is 10.0. The fraction of sp³-hybridized carbons (Fsp3) is 0.0500. The molecule has 0 saturated carbocycles. The first-order valence-electron chi connectivity index (χ1n) is 7.51. The van der Waals surface area contributed by atoms with Crippen LogP contribution in [-0.2, 0) is 0 Å². The van der Waals surface area contributed by atoms with E-state index >= 15 is 0 Å². The lowest BCUT2D eigenvalue weighted by molar-refractivity contribution is 0.0993. The van der Waals surface area contributed by atoms with E-state index in [-0.39, 0.29) is 17.4 Å². The van der Waals surface area contributed by atoms with Crippen molar-refractivity contribution in [3.05, 3.63) is 78.4 Å². The maximum atomic E-state index is 12.7. The summed E-state index contributed by atoms with van der Waals surface area (Å²) in [7, 11) is 1.67. The van der Waals surface area contributed by atoms with Crippen molar-refractivity contribution in [3.63, 3.8) is 0 Å². The number of hydrogen-bond acceptors (Lipinski definition) is 3. The first kappa shape index (κ1) is 15.6. The van der Waals surface area contributed by atoms with Crippen molar-refractivity contribution in [2.24, 2.45) is 0 Å². The number of carbonyl (C=O) groups excluding carboxylic acids is 1. The number of phenolic OH excluding ortho intramolecular Hbond substituents is 2. The van der Waals surface area contributed by atoms with Crippen molar-refractivity contribution < 1.29 is 15.0 Å². The molecule has 4 nitrogen and oxygen atoms in total. The fourth-order valence-corrected chi connectivity index (χ4v) is 2.50. The van der Waals surface area contributed by atoms with Crippen LogP contribution in [0.1, 0.15) is 10.4 Å². The largest absolute Gasteiger partial charge is 0.508 e. The average molecular weight is 319 g/mol. The zero-order valence-electron chi connectivity index (χ0n) is 13.2. The SMILES string of the molecule is CN(C(=O)c1cccc(-c2ccc(O)cc2)c1)c1cccc(O)c1. The van der Waals surface area contributed by atoms with Gasteiger partial charge in [0.15, 0.2) is 0 Å². The van der Waals surface area contributed by atoms with Crippen LogP contribution < -0.4 is 4.90 Å². The van der Waals surface area contributed by atoms with Crippen molar-refractivity contribution in [2.75, 3.05) is 11.9 Å². The first-order chi connectivity index (χ1) is 11.5. The summed E-state index contributed by atoms with van der Waals surface area (Å²) < 4.78 is 0. The van der Waals surface area contributed by atoms with Gasteiger partial charge in [0, 0.05) is 24.4 Å². The van der Waals surface area contributed by atoms with Crippen molar-refractivity contribution in [2.45, 2.75) is 0 Å². The average Bonchev–Trinajstić information content (AvgIpc) is 2.61. The second-order valence-electron chi connectivity index (χ2n) is 5.51. The highest BCUT2D eigenvalue weighted by molar-refractivity contribution is 6.06. The quantitative estimate of drug-likeness (QED) is 0.766. The van der Waals surface area contributed by atoms with E-state index in [1.807, 2.05) is 18.2 Å². The Balaban J connectivity index is 1.90. The van der Waals surface area contributed by atoms with Crippen LogP contribution in [0, 0.1) is 0 Å². The number of rotatable bonds is 3. The van der Waals surface area contributed by atoms with Crippen LogP contribution in [0.4, 0.5) is 5.69 Å². The van der Waals surface area contributed by atoms with E-state index in [4.69, 9.17) is 0 Å². The molecule has 0 heterocycles. The van der Waals surface area contributed by atoms with Gasteiger partial charge in [-0.15, -0.1) is 0 Å². The third kappa shape index (κ3) is 3.22. The number of carbonyl (C=O) groups is 1. The van der Waals surface area contributed by atoms with Crippen molar-refractivity contribution >= 4 is 11.6 Å². The van der Waals surface area contributed by atoms with Crippen molar-refractivity contribution in [1.82, 2.24) is 0 Å². The topological polar surface area (TPSA) is 60.8 Å². The van der Waals surface area contributed by atoms with Crippen LogP contribution >= 0.6 is 0 Å². The van der Waals surface area contributed by atoms with Gasteiger partial charge in [-0.1, -0.05) is 30.3 Å². The van der Waals surface area contributed by atoms with E-state index < -0.39 is 0 Å². The second kappa shape index (κ2) is 6.46. The Hall–Kier alpha value is -3.27. The molecule has 4 heteroatoms. The third-order valence-electron chi connectivity index (χ3n) is 3.83. The van der Waals surface area contributed by atoms with E-state index in [9.17, 15) is 15.0 Å². The van der Waals surface area contributed by atoms with Crippen molar-refractivity contribution in [3.8, 4) is 22.6 Å². The number of phenols is 2. The molecule has 0 radical (unpaired) electrons. The molecule has 0 bridgehead atoms. The van der Waals surface area contributed by atoms with Gasteiger partial charge in [0.25, 0.3) is 5.91 Å². The van der Waals surface area contributed by atoms with Crippen LogP contribution in [0.3, 0.4) is 0 Å². The molecule has 0 unspecified atom stereocenters. The maximum Gasteiger partial charge on any atom is 0.258 e. The molecule has 2 N–H and O–H groups in total. The molecule has 0 aliphatic carbocycles. The van der Waals surface area contributed by atoms with Gasteiger partial charge < -0.3 is 15.1 Å². The van der Waals surface area contributed by atoms with Gasteiger partial charge >= 0.3 is 0 Å². The molecular weight excluding hydrogens is 302 g/mol. The van der Waals surface area contributed by atoms with Gasteiger partial charge in [0.05, 0.1) is 0 Å². The molecule has 24 heavy (non-hydrogen) atoms. The van der Waals surface area contributed by atoms with E-state index in [0.29, 0.717) is 11.3 Å². The molecule has 120 valence electrons. The molecule has 0 aromatic heterocycles. The predicted octanol–water partition coefficient (Wildman–Crippen LogP) is 4.04. The summed E-state index contributed by atoms with van der Waals surface area (Å²) in [5.41, 5.74) is 2.98. The van der Waals surface area contributed by atoms with Gasteiger partial charge in [0.2, 0.25) is 0 Å². The van der Waals surface area contributed by atoms with Crippen LogP contribution in [0.25, 0.3) is 11.1 Å². The zero-order valence-corrected chi connectivity index (χ0v) is 13.2. The van der Waals surface area contributed by atoms with E-state index in [1.165, 1.54) is 4.90 Å². The summed E-state index contributed by atoms with van der Waals surface area (Å²) in [5.74, 6) is 0.154. The van der Waals surface area contributed by atoms with E-state index in [2.05, 4.69) is 0 Å². The van der Waals surface area contributed by atoms with E-state index in [0.717, 1.165) is 11.1 Å². The molecule has 0 atom stereocenters. The molecule has 3 aromatic rings. The predicted molar refractivity (Wildman–Crippen MR) is 94.4 cm³/mol. The minimum Gasteiger partial charge on any atom is -0.508 e. The van der Waals surface area contributed by atoms with Crippen LogP contribution in [0.15, 0.2) is 72.8 Å². The van der Waals surface area contributed by atoms with Crippen LogP contribution in [0.2, 0.25) is 0 Å². The number of anilines is 1. The Labute approximate surface area is 140 Å². The van der Waals surface area contributed by atoms with Gasteiger partial charge in [-0.2, -0.15) is 0 Å². The molecule has 1 amide bonds. The Morgan fingerprint density at radius 1 is 0.792 bits per heavy atom. The van der Waals surface area contributed by atoms with Gasteiger partial charge in [0.1, 0.15) is 11.5 Å². The zero-order chi connectivity index (χ0) is 17.1. The summed E-state index contributed by atoms with van der Waals surface area (Å²) in [6.45, 7) is 0. The van der Waals surface area contributed by atoms with Gasteiger partial charge in [-0.05, 0) is 47.5 Å². The highest BCUT2D eigenvalue weighted by Crippen LogP contribution is 2.25. The van der Waals surface area contributed by atoms with Gasteiger partial charge in [-0.3, -0.25) is 4.79 Å². The fourth-order valence-electron chi connectivity index (χ4n) is 2.50. The molecule has 0 spiro atoms. The highest BCUT2D eigenvalue weighted by atomic mass is 16.3. The normalized spacial score (nSPS) is 10.4. The van der Waals surface area contributed by atoms with Crippen LogP contribution in [0.5, 0.6) is 11.5 Å². The Bertz CT molecular complexity index is 872. The third-order valence-corrected chi connectivity index (χ3v) is 3.83. The first-order valence-corrected chi connectivity index (χ1v) is 7.51. The summed E-state index contributed by atoms with van der Waals surface area (Å²) in [4.78, 5) is 14.2. The number of hydrogen-bond donors (Lipinski definition) is 2. The monoisotopic (exact) mass is 319 g/mol. The Kier molecular flexibility index (Phi) is 4.20. The second-order valence-corrected chi connectivity index (χ2v) is 5.51. The number of aromatic hydroxyl groups is 2. The number of amides is 1. The highest BCUT2D eigenvalue weighted by Gasteiger charge is 2.14. The number of benzene rings is 3. The molecule has 0 fully saturated rings. The Morgan fingerprint density at radius 3 is 2.21 bits per heavy atom. The lowest BCUT2D eigenvalue weighted by Crippen LogP contribution is -2.26. The molecule has 0 aliphatic heterocycles. The molecule has 0 saturated heterocycles. The van der Waals surface area contributed by atoms with Gasteiger partial charge in [-0.25, -0.2) is 0 Å². The lowest BCUT2D eigenvalue weighted by Gasteiger charge is -2.18. The van der Waals surface area contributed by atoms with Crippen LogP contribution in [-0.4, -0.2) is 23.2 Å². The summed E-state index contributed by atoms with van der Waals surface area (Å²) in [6.07, 6.45) is 0. The molecule has 3 rings (SSSR count). The van der Waals surface area contributed by atoms with Crippen molar-refractivity contribution in [1.29, 1.82) is 0 Å².